The van der Waals surface area contributed by atoms with Gasteiger partial charge in [-0.15, -0.1) is 0 Å². The molecule has 0 aliphatic rings. The third-order valence-electron chi connectivity index (χ3n) is 2.45. The standard InChI is InChI=1S/C12H8ClFO4/c13-8-3-1-2-6(9(8)14)10(15)11-7(12(16)17)4-5-18-11/h1-5,10,15H,(H,16,17). The molecule has 94 valence electrons. The van der Waals surface area contributed by atoms with Gasteiger partial charge in [0, 0.05) is 5.56 Å². The van der Waals surface area contributed by atoms with Gasteiger partial charge >= 0.3 is 5.97 Å². The molecule has 0 radical (unpaired) electrons. The van der Waals surface area contributed by atoms with Crippen molar-refractivity contribution in [2.75, 3.05) is 0 Å². The zero-order valence-corrected chi connectivity index (χ0v) is 9.69. The molecule has 0 aliphatic heterocycles. The fourth-order valence-electron chi connectivity index (χ4n) is 1.58. The Morgan fingerprint density at radius 2 is 2.11 bits per heavy atom. The molecule has 1 atom stereocenters. The number of aliphatic hydroxyl groups excluding tert-OH is 1. The molecule has 1 unspecified atom stereocenters. The molecule has 2 aromatic rings. The Balaban J connectivity index is 2.48. The van der Waals surface area contributed by atoms with E-state index in [1.807, 2.05) is 0 Å². The van der Waals surface area contributed by atoms with Crippen LogP contribution in [0.3, 0.4) is 0 Å². The van der Waals surface area contributed by atoms with Gasteiger partial charge in [0.25, 0.3) is 0 Å². The van der Waals surface area contributed by atoms with E-state index in [1.165, 1.54) is 24.3 Å². The Kier molecular flexibility index (Phi) is 3.36. The molecule has 18 heavy (non-hydrogen) atoms. The molecule has 0 amide bonds. The monoisotopic (exact) mass is 270 g/mol. The minimum Gasteiger partial charge on any atom is -0.478 e. The first-order chi connectivity index (χ1) is 8.52. The van der Waals surface area contributed by atoms with Crippen LogP contribution in [-0.2, 0) is 0 Å². The van der Waals surface area contributed by atoms with Crippen molar-refractivity contribution in [3.05, 3.63) is 58.3 Å². The highest BCUT2D eigenvalue weighted by Crippen LogP contribution is 2.30. The van der Waals surface area contributed by atoms with Gasteiger partial charge in [0.15, 0.2) is 5.76 Å². The molecular weight excluding hydrogens is 263 g/mol. The van der Waals surface area contributed by atoms with Crippen molar-refractivity contribution in [1.29, 1.82) is 0 Å². The Morgan fingerprint density at radius 1 is 1.39 bits per heavy atom. The normalized spacial score (nSPS) is 12.4. The van der Waals surface area contributed by atoms with Crippen LogP contribution in [0.1, 0.15) is 27.8 Å². The lowest BCUT2D eigenvalue weighted by molar-refractivity contribution is 0.0687. The van der Waals surface area contributed by atoms with E-state index in [4.69, 9.17) is 21.1 Å². The van der Waals surface area contributed by atoms with Gasteiger partial charge in [0.2, 0.25) is 0 Å². The summed E-state index contributed by atoms with van der Waals surface area (Å²) in [4.78, 5) is 10.9. The van der Waals surface area contributed by atoms with Gasteiger partial charge in [-0.2, -0.15) is 0 Å². The Labute approximate surface area is 106 Å². The second-order valence-corrected chi connectivity index (χ2v) is 3.96. The smallest absolute Gasteiger partial charge is 0.339 e. The summed E-state index contributed by atoms with van der Waals surface area (Å²) in [6.45, 7) is 0. The second kappa shape index (κ2) is 4.80. The van der Waals surface area contributed by atoms with Crippen LogP contribution in [0.5, 0.6) is 0 Å². The number of benzene rings is 1. The second-order valence-electron chi connectivity index (χ2n) is 3.55. The summed E-state index contributed by atoms with van der Waals surface area (Å²) in [5.41, 5.74) is -0.359. The Hall–Kier alpha value is -1.85. The van der Waals surface area contributed by atoms with Crippen LogP contribution in [0.2, 0.25) is 5.02 Å². The lowest BCUT2D eigenvalue weighted by Gasteiger charge is -2.11. The van der Waals surface area contributed by atoms with Crippen molar-refractivity contribution in [2.24, 2.45) is 0 Å². The predicted molar refractivity (Wildman–Crippen MR) is 61.1 cm³/mol. The number of furan rings is 1. The minimum atomic E-state index is -1.52. The van der Waals surface area contributed by atoms with Crippen molar-refractivity contribution < 1.29 is 23.8 Å². The number of rotatable bonds is 3. The zero-order chi connectivity index (χ0) is 13.3. The summed E-state index contributed by atoms with van der Waals surface area (Å²) in [5, 5.41) is 18.7. The summed E-state index contributed by atoms with van der Waals surface area (Å²) in [7, 11) is 0. The highest BCUT2D eigenvalue weighted by molar-refractivity contribution is 6.30. The summed E-state index contributed by atoms with van der Waals surface area (Å²) in [6.07, 6.45) is -0.408. The van der Waals surface area contributed by atoms with E-state index in [2.05, 4.69) is 0 Å². The SMILES string of the molecule is O=C(O)c1ccoc1C(O)c1cccc(Cl)c1F. The number of aliphatic hydroxyl groups is 1. The van der Waals surface area contributed by atoms with E-state index in [0.29, 0.717) is 0 Å². The lowest BCUT2D eigenvalue weighted by Crippen LogP contribution is -2.07. The minimum absolute atomic E-state index is 0.139. The number of carboxylic acids is 1. The van der Waals surface area contributed by atoms with Crippen LogP contribution < -0.4 is 0 Å². The molecule has 0 fully saturated rings. The highest BCUT2D eigenvalue weighted by Gasteiger charge is 2.25. The topological polar surface area (TPSA) is 70.7 Å². The van der Waals surface area contributed by atoms with Gasteiger partial charge in [0.05, 0.1) is 11.3 Å². The quantitative estimate of drug-likeness (QED) is 0.900. The van der Waals surface area contributed by atoms with Crippen LogP contribution in [0.4, 0.5) is 4.39 Å². The maximum absolute atomic E-state index is 13.7. The number of aromatic carboxylic acids is 1. The van der Waals surface area contributed by atoms with Crippen molar-refractivity contribution in [3.63, 3.8) is 0 Å². The maximum atomic E-state index is 13.7. The molecule has 0 aliphatic carbocycles. The van der Waals surface area contributed by atoms with Gasteiger partial charge in [-0.25, -0.2) is 9.18 Å². The molecule has 2 rings (SSSR count). The Morgan fingerprint density at radius 3 is 2.78 bits per heavy atom. The molecule has 1 aromatic carbocycles. The highest BCUT2D eigenvalue weighted by atomic mass is 35.5. The zero-order valence-electron chi connectivity index (χ0n) is 8.93. The summed E-state index contributed by atoms with van der Waals surface area (Å²) in [6, 6.07) is 5.27. The Bertz CT molecular complexity index is 594. The number of halogens is 2. The number of carboxylic acid groups (broad SMARTS) is 1. The molecule has 1 aromatic heterocycles. The van der Waals surface area contributed by atoms with Crippen LogP contribution in [0, 0.1) is 5.82 Å². The van der Waals surface area contributed by atoms with E-state index < -0.39 is 17.9 Å². The summed E-state index contributed by atoms with van der Waals surface area (Å²) in [5.74, 6) is -2.30. The average Bonchev–Trinajstić information content (AvgIpc) is 2.81. The van der Waals surface area contributed by atoms with Crippen LogP contribution in [-0.4, -0.2) is 16.2 Å². The van der Waals surface area contributed by atoms with E-state index in [0.717, 1.165) is 6.26 Å². The van der Waals surface area contributed by atoms with Crippen LogP contribution in [0.15, 0.2) is 34.9 Å². The molecule has 0 bridgehead atoms. The van der Waals surface area contributed by atoms with Crippen molar-refractivity contribution >= 4 is 17.6 Å². The van der Waals surface area contributed by atoms with Gasteiger partial charge in [-0.05, 0) is 12.1 Å². The largest absolute Gasteiger partial charge is 0.478 e. The fourth-order valence-corrected chi connectivity index (χ4v) is 1.76. The first-order valence-corrected chi connectivity index (χ1v) is 5.33. The van der Waals surface area contributed by atoms with E-state index in [1.54, 1.807) is 0 Å². The molecule has 0 spiro atoms. The van der Waals surface area contributed by atoms with Crippen molar-refractivity contribution in [2.45, 2.75) is 6.10 Å². The van der Waals surface area contributed by atoms with Gasteiger partial charge in [0.1, 0.15) is 17.5 Å². The number of hydrogen-bond donors (Lipinski definition) is 2. The fraction of sp³-hybridized carbons (Fsp3) is 0.0833. The molecule has 0 saturated heterocycles. The van der Waals surface area contributed by atoms with Gasteiger partial charge < -0.3 is 14.6 Å². The first-order valence-electron chi connectivity index (χ1n) is 4.95. The van der Waals surface area contributed by atoms with Gasteiger partial charge in [-0.3, -0.25) is 0 Å². The molecule has 0 saturated carbocycles. The molecule has 1 heterocycles. The van der Waals surface area contributed by atoms with Gasteiger partial charge in [-0.1, -0.05) is 23.7 Å². The van der Waals surface area contributed by atoms with E-state index in [-0.39, 0.29) is 21.9 Å². The van der Waals surface area contributed by atoms with Crippen molar-refractivity contribution in [1.82, 2.24) is 0 Å². The number of hydrogen-bond acceptors (Lipinski definition) is 3. The molecule has 2 N–H and O–H groups in total. The van der Waals surface area contributed by atoms with Crippen molar-refractivity contribution in [3.8, 4) is 0 Å². The third kappa shape index (κ3) is 2.10. The summed E-state index contributed by atoms with van der Waals surface area (Å²) < 4.78 is 18.6. The van der Waals surface area contributed by atoms with Crippen LogP contribution in [0.25, 0.3) is 0 Å². The number of carbonyl (C=O) groups is 1. The lowest BCUT2D eigenvalue weighted by atomic mass is 10.0. The average molecular weight is 271 g/mol. The molecule has 6 heteroatoms. The molecule has 4 nitrogen and oxygen atoms in total. The maximum Gasteiger partial charge on any atom is 0.339 e. The van der Waals surface area contributed by atoms with E-state index in [9.17, 15) is 14.3 Å². The third-order valence-corrected chi connectivity index (χ3v) is 2.74. The molecular formula is C12H8ClFO4. The van der Waals surface area contributed by atoms with Crippen LogP contribution >= 0.6 is 11.6 Å². The summed E-state index contributed by atoms with van der Waals surface area (Å²) >= 11 is 5.59. The predicted octanol–water partition coefficient (Wildman–Crippen LogP) is 2.85. The van der Waals surface area contributed by atoms with E-state index >= 15 is 0 Å². The first kappa shape index (κ1) is 12.6.